The Morgan fingerprint density at radius 1 is 1.21 bits per heavy atom. The van der Waals surface area contributed by atoms with E-state index in [4.69, 9.17) is 9.84 Å². The van der Waals surface area contributed by atoms with Crippen molar-refractivity contribution in [2.45, 2.75) is 29.7 Å². The van der Waals surface area contributed by atoms with Crippen molar-refractivity contribution < 1.29 is 14.6 Å². The van der Waals surface area contributed by atoms with Gasteiger partial charge in [-0.05, 0) is 42.8 Å². The fraction of sp³-hybridized carbons (Fsp3) is 0.316. The van der Waals surface area contributed by atoms with Crippen LogP contribution in [0.1, 0.15) is 18.9 Å². The quantitative estimate of drug-likeness (QED) is 0.740. The molecule has 128 valence electrons. The van der Waals surface area contributed by atoms with E-state index in [1.807, 2.05) is 41.3 Å². The second kappa shape index (κ2) is 9.35. The molecule has 0 atom stereocenters. The molecule has 1 N–H and O–H groups in total. The minimum absolute atomic E-state index is 0.0615. The first kappa shape index (κ1) is 18.4. The van der Waals surface area contributed by atoms with Gasteiger partial charge < -0.3 is 9.84 Å². The number of benzene rings is 2. The lowest BCUT2D eigenvalue weighted by Gasteiger charge is -2.21. The molecule has 0 radical (unpaired) electrons. The molecule has 2 aromatic carbocycles. The van der Waals surface area contributed by atoms with Gasteiger partial charge in [-0.25, -0.2) is 0 Å². The molecule has 0 aliphatic heterocycles. The summed E-state index contributed by atoms with van der Waals surface area (Å²) >= 11 is 1.67. The second-order valence-corrected chi connectivity index (χ2v) is 6.61. The number of carbonyl (C=O) groups is 1. The first-order valence-corrected chi connectivity index (χ1v) is 8.78. The number of hydrogen-bond acceptors (Lipinski definition) is 4. The SMILES string of the molecule is CCCN(CC(=O)O)Cc1ccccc1Sc1cccc(OC)c1. The number of carboxylic acid groups (broad SMARTS) is 1. The predicted octanol–water partition coefficient (Wildman–Crippen LogP) is 4.14. The molecule has 0 saturated carbocycles. The van der Waals surface area contributed by atoms with Crippen molar-refractivity contribution in [2.24, 2.45) is 0 Å². The van der Waals surface area contributed by atoms with Gasteiger partial charge in [0, 0.05) is 16.3 Å². The fourth-order valence-corrected chi connectivity index (χ4v) is 3.47. The van der Waals surface area contributed by atoms with E-state index >= 15 is 0 Å². The maximum absolute atomic E-state index is 11.1. The van der Waals surface area contributed by atoms with Crippen LogP contribution in [0.4, 0.5) is 0 Å². The molecule has 0 bridgehead atoms. The molecular formula is C19H23NO3S. The third-order valence-corrected chi connectivity index (χ3v) is 4.64. The summed E-state index contributed by atoms with van der Waals surface area (Å²) in [5, 5.41) is 9.09. The van der Waals surface area contributed by atoms with Gasteiger partial charge in [-0.3, -0.25) is 9.69 Å². The Balaban J connectivity index is 2.17. The van der Waals surface area contributed by atoms with E-state index in [0.717, 1.165) is 34.1 Å². The van der Waals surface area contributed by atoms with Crippen LogP contribution < -0.4 is 4.74 Å². The Morgan fingerprint density at radius 3 is 2.71 bits per heavy atom. The Kier molecular flexibility index (Phi) is 7.15. The highest BCUT2D eigenvalue weighted by Crippen LogP contribution is 2.32. The maximum atomic E-state index is 11.1. The van der Waals surface area contributed by atoms with Crippen molar-refractivity contribution in [3.63, 3.8) is 0 Å². The van der Waals surface area contributed by atoms with Crippen molar-refractivity contribution in [3.05, 3.63) is 54.1 Å². The number of nitrogens with zero attached hydrogens (tertiary/aromatic N) is 1. The van der Waals surface area contributed by atoms with Crippen molar-refractivity contribution >= 4 is 17.7 Å². The highest BCUT2D eigenvalue weighted by Gasteiger charge is 2.12. The van der Waals surface area contributed by atoms with Crippen LogP contribution in [-0.2, 0) is 11.3 Å². The summed E-state index contributed by atoms with van der Waals surface area (Å²) in [5.41, 5.74) is 1.14. The third kappa shape index (κ3) is 5.58. The summed E-state index contributed by atoms with van der Waals surface area (Å²) in [6.07, 6.45) is 0.929. The Bertz CT molecular complexity index is 675. The van der Waals surface area contributed by atoms with Crippen molar-refractivity contribution in [2.75, 3.05) is 20.2 Å². The standard InChI is InChI=1S/C19H23NO3S/c1-3-11-20(14-19(21)22)13-15-7-4-5-10-18(15)24-17-9-6-8-16(12-17)23-2/h4-10,12H,3,11,13-14H2,1-2H3,(H,21,22). The topological polar surface area (TPSA) is 49.8 Å². The molecule has 2 rings (SSSR count). The average Bonchev–Trinajstić information content (AvgIpc) is 2.56. The number of aliphatic carboxylic acids is 1. The summed E-state index contributed by atoms with van der Waals surface area (Å²) in [4.78, 5) is 15.3. The summed E-state index contributed by atoms with van der Waals surface area (Å²) < 4.78 is 5.28. The zero-order valence-corrected chi connectivity index (χ0v) is 14.9. The van der Waals surface area contributed by atoms with E-state index in [2.05, 4.69) is 19.1 Å². The smallest absolute Gasteiger partial charge is 0.317 e. The van der Waals surface area contributed by atoms with Crippen LogP contribution in [0.5, 0.6) is 5.75 Å². The van der Waals surface area contributed by atoms with E-state index in [1.54, 1.807) is 18.9 Å². The van der Waals surface area contributed by atoms with Crippen LogP contribution in [0.25, 0.3) is 0 Å². The third-order valence-electron chi connectivity index (χ3n) is 3.53. The minimum Gasteiger partial charge on any atom is -0.497 e. The van der Waals surface area contributed by atoms with Gasteiger partial charge in [0.05, 0.1) is 13.7 Å². The first-order valence-electron chi connectivity index (χ1n) is 7.96. The number of hydrogen-bond donors (Lipinski definition) is 1. The summed E-state index contributed by atoms with van der Waals surface area (Å²) in [5.74, 6) is 0.0392. The van der Waals surface area contributed by atoms with Gasteiger partial charge in [0.1, 0.15) is 5.75 Å². The van der Waals surface area contributed by atoms with Gasteiger partial charge in [0.15, 0.2) is 0 Å². The Hall–Kier alpha value is -1.98. The molecule has 0 heterocycles. The van der Waals surface area contributed by atoms with Crippen molar-refractivity contribution in [3.8, 4) is 5.75 Å². The first-order chi connectivity index (χ1) is 11.6. The van der Waals surface area contributed by atoms with Gasteiger partial charge in [-0.2, -0.15) is 0 Å². The summed E-state index contributed by atoms with van der Waals surface area (Å²) in [7, 11) is 1.66. The lowest BCUT2D eigenvalue weighted by atomic mass is 10.2. The molecule has 0 aliphatic carbocycles. The number of rotatable bonds is 9. The van der Waals surface area contributed by atoms with Gasteiger partial charge in [0.25, 0.3) is 0 Å². The lowest BCUT2D eigenvalue weighted by molar-refractivity contribution is -0.138. The van der Waals surface area contributed by atoms with Crippen LogP contribution >= 0.6 is 11.8 Å². The van der Waals surface area contributed by atoms with Crippen LogP contribution in [0.2, 0.25) is 0 Å². The number of carboxylic acids is 1. The molecule has 0 saturated heterocycles. The summed E-state index contributed by atoms with van der Waals surface area (Å²) in [6, 6.07) is 16.1. The van der Waals surface area contributed by atoms with Crippen LogP contribution in [0.3, 0.4) is 0 Å². The van der Waals surface area contributed by atoms with Crippen molar-refractivity contribution in [1.82, 2.24) is 4.90 Å². The molecule has 4 nitrogen and oxygen atoms in total. The fourth-order valence-electron chi connectivity index (χ4n) is 2.49. The predicted molar refractivity (Wildman–Crippen MR) is 96.8 cm³/mol. The molecule has 0 aliphatic rings. The molecule has 0 amide bonds. The van der Waals surface area contributed by atoms with Gasteiger partial charge in [-0.1, -0.05) is 43.0 Å². The van der Waals surface area contributed by atoms with E-state index in [1.165, 1.54) is 0 Å². The number of ether oxygens (including phenoxy) is 1. The molecule has 0 fully saturated rings. The molecular weight excluding hydrogens is 322 g/mol. The second-order valence-electron chi connectivity index (χ2n) is 5.49. The van der Waals surface area contributed by atoms with Crippen LogP contribution in [0.15, 0.2) is 58.3 Å². The molecule has 24 heavy (non-hydrogen) atoms. The maximum Gasteiger partial charge on any atom is 0.317 e. The largest absolute Gasteiger partial charge is 0.497 e. The van der Waals surface area contributed by atoms with Crippen LogP contribution in [-0.4, -0.2) is 36.2 Å². The van der Waals surface area contributed by atoms with Gasteiger partial charge >= 0.3 is 5.97 Å². The average molecular weight is 345 g/mol. The number of methoxy groups -OCH3 is 1. The van der Waals surface area contributed by atoms with Gasteiger partial charge in [0.2, 0.25) is 0 Å². The van der Waals surface area contributed by atoms with E-state index in [0.29, 0.717) is 6.54 Å². The highest BCUT2D eigenvalue weighted by molar-refractivity contribution is 7.99. The summed E-state index contributed by atoms with van der Waals surface area (Å²) in [6.45, 7) is 3.52. The minimum atomic E-state index is -0.790. The van der Waals surface area contributed by atoms with Gasteiger partial charge in [-0.15, -0.1) is 0 Å². The normalized spacial score (nSPS) is 10.8. The van der Waals surface area contributed by atoms with E-state index < -0.39 is 5.97 Å². The monoisotopic (exact) mass is 345 g/mol. The Labute approximate surface area is 147 Å². The zero-order chi connectivity index (χ0) is 17.4. The Morgan fingerprint density at radius 2 is 2.00 bits per heavy atom. The molecule has 2 aromatic rings. The van der Waals surface area contributed by atoms with E-state index in [-0.39, 0.29) is 6.54 Å². The highest BCUT2D eigenvalue weighted by atomic mass is 32.2. The molecule has 5 heteroatoms. The molecule has 0 spiro atoms. The lowest BCUT2D eigenvalue weighted by Crippen LogP contribution is -2.30. The zero-order valence-electron chi connectivity index (χ0n) is 14.1. The van der Waals surface area contributed by atoms with Crippen LogP contribution in [0, 0.1) is 0 Å². The molecule has 0 unspecified atom stereocenters. The van der Waals surface area contributed by atoms with E-state index in [9.17, 15) is 4.79 Å². The van der Waals surface area contributed by atoms with Crippen molar-refractivity contribution in [1.29, 1.82) is 0 Å². The molecule has 0 aromatic heterocycles.